The number of benzene rings is 1. The summed E-state index contributed by atoms with van der Waals surface area (Å²) in [6, 6.07) is 8.18. The summed E-state index contributed by atoms with van der Waals surface area (Å²) in [4.78, 5) is 0. The van der Waals surface area contributed by atoms with Crippen molar-refractivity contribution in [2.45, 2.75) is 6.42 Å². The molecule has 2 rings (SSSR count). The van der Waals surface area contributed by atoms with Crippen molar-refractivity contribution in [2.75, 3.05) is 12.9 Å². The molecule has 1 aliphatic heterocycles. The maximum absolute atomic E-state index is 5.30. The van der Waals surface area contributed by atoms with E-state index in [1.165, 1.54) is 5.56 Å². The zero-order chi connectivity index (χ0) is 8.10. The Hall–Kier alpha value is -0.630. The van der Waals surface area contributed by atoms with E-state index in [1.807, 2.05) is 18.2 Å². The summed E-state index contributed by atoms with van der Waals surface area (Å²) in [7, 11) is 0. The molecule has 1 aromatic rings. The van der Waals surface area contributed by atoms with Gasteiger partial charge in [0.2, 0.25) is 0 Å². The van der Waals surface area contributed by atoms with Gasteiger partial charge >= 0.3 is 0 Å². The van der Waals surface area contributed by atoms with Crippen molar-refractivity contribution >= 4 is 12.6 Å². The van der Waals surface area contributed by atoms with Gasteiger partial charge in [-0.25, -0.2) is 0 Å². The second kappa shape index (κ2) is 4.29. The molecule has 0 saturated heterocycles. The van der Waals surface area contributed by atoms with Crippen molar-refractivity contribution in [1.82, 2.24) is 0 Å². The Bertz CT molecular complexity index is 200. The van der Waals surface area contributed by atoms with Gasteiger partial charge in [0.05, 0.1) is 6.61 Å². The highest BCUT2D eigenvalue weighted by Crippen LogP contribution is 2.23. The average molecular weight is 168 g/mol. The maximum atomic E-state index is 5.30. The SMILES string of the molecule is CS.c1ccc2c(c1)CCO2. The zero-order valence-electron chi connectivity index (χ0n) is 6.58. The van der Waals surface area contributed by atoms with Crippen LogP contribution in [0.3, 0.4) is 0 Å². The van der Waals surface area contributed by atoms with E-state index in [1.54, 1.807) is 6.26 Å². The fourth-order valence-corrected chi connectivity index (χ4v) is 1.12. The molecule has 0 N–H and O–H groups in total. The maximum Gasteiger partial charge on any atom is 0.122 e. The quantitative estimate of drug-likeness (QED) is 0.584. The Balaban J connectivity index is 0.000000281. The van der Waals surface area contributed by atoms with Crippen LogP contribution in [-0.2, 0) is 6.42 Å². The summed E-state index contributed by atoms with van der Waals surface area (Å²) in [6.45, 7) is 0.860. The van der Waals surface area contributed by atoms with Crippen LogP contribution in [-0.4, -0.2) is 12.9 Å². The van der Waals surface area contributed by atoms with Crippen LogP contribution in [0.15, 0.2) is 24.3 Å². The lowest BCUT2D eigenvalue weighted by Crippen LogP contribution is -1.85. The minimum Gasteiger partial charge on any atom is -0.493 e. The molecule has 11 heavy (non-hydrogen) atoms. The van der Waals surface area contributed by atoms with Gasteiger partial charge in [-0.05, 0) is 17.9 Å². The van der Waals surface area contributed by atoms with Gasteiger partial charge in [0.15, 0.2) is 0 Å². The lowest BCUT2D eigenvalue weighted by Gasteiger charge is -1.93. The molecular formula is C9H12OS. The van der Waals surface area contributed by atoms with Crippen LogP contribution in [0, 0.1) is 0 Å². The molecule has 0 atom stereocenters. The minimum atomic E-state index is 0.860. The summed E-state index contributed by atoms with van der Waals surface area (Å²) < 4.78 is 5.30. The molecule has 1 aliphatic rings. The molecule has 1 heterocycles. The Kier molecular flexibility index (Phi) is 3.30. The van der Waals surface area contributed by atoms with Gasteiger partial charge in [-0.3, -0.25) is 0 Å². The number of hydrogen-bond acceptors (Lipinski definition) is 2. The van der Waals surface area contributed by atoms with Crippen LogP contribution in [0.5, 0.6) is 5.75 Å². The highest BCUT2D eigenvalue weighted by atomic mass is 32.1. The molecule has 0 spiro atoms. The summed E-state index contributed by atoms with van der Waals surface area (Å²) in [5, 5.41) is 0. The van der Waals surface area contributed by atoms with Crippen molar-refractivity contribution in [3.63, 3.8) is 0 Å². The number of thiol groups is 1. The highest BCUT2D eigenvalue weighted by molar-refractivity contribution is 7.79. The van der Waals surface area contributed by atoms with Gasteiger partial charge in [0, 0.05) is 6.42 Å². The van der Waals surface area contributed by atoms with Gasteiger partial charge in [-0.2, -0.15) is 12.6 Å². The van der Waals surface area contributed by atoms with Gasteiger partial charge in [-0.15, -0.1) is 0 Å². The number of rotatable bonds is 0. The standard InChI is InChI=1S/C8H8O.CH4S/c1-2-4-8-7(3-1)5-6-9-8;1-2/h1-4H,5-6H2;2H,1H3. The van der Waals surface area contributed by atoms with Gasteiger partial charge in [-0.1, -0.05) is 18.2 Å². The predicted molar refractivity (Wildman–Crippen MR) is 50.6 cm³/mol. The minimum absolute atomic E-state index is 0.860. The zero-order valence-corrected chi connectivity index (χ0v) is 7.47. The number of fused-ring (bicyclic) bond motifs is 1. The first-order chi connectivity index (χ1) is 5.47. The third kappa shape index (κ3) is 1.90. The number of hydrogen-bond donors (Lipinski definition) is 1. The van der Waals surface area contributed by atoms with Crippen molar-refractivity contribution in [3.05, 3.63) is 29.8 Å². The van der Waals surface area contributed by atoms with E-state index in [4.69, 9.17) is 4.74 Å². The van der Waals surface area contributed by atoms with Crippen LogP contribution >= 0.6 is 12.6 Å². The first-order valence-electron chi connectivity index (χ1n) is 3.62. The highest BCUT2D eigenvalue weighted by Gasteiger charge is 2.08. The van der Waals surface area contributed by atoms with E-state index in [9.17, 15) is 0 Å². The van der Waals surface area contributed by atoms with Crippen molar-refractivity contribution in [1.29, 1.82) is 0 Å². The summed E-state index contributed by atoms with van der Waals surface area (Å²) in [5.74, 6) is 1.07. The van der Waals surface area contributed by atoms with E-state index in [-0.39, 0.29) is 0 Å². The summed E-state index contributed by atoms with van der Waals surface area (Å²) in [5.41, 5.74) is 1.34. The molecule has 0 unspecified atom stereocenters. The van der Waals surface area contributed by atoms with Gasteiger partial charge in [0.25, 0.3) is 0 Å². The van der Waals surface area contributed by atoms with Crippen LogP contribution in [0.25, 0.3) is 0 Å². The molecule has 0 saturated carbocycles. The van der Waals surface area contributed by atoms with Gasteiger partial charge in [0.1, 0.15) is 5.75 Å². The van der Waals surface area contributed by atoms with E-state index in [0.717, 1.165) is 18.8 Å². The van der Waals surface area contributed by atoms with Crippen molar-refractivity contribution < 1.29 is 4.74 Å². The second-order valence-electron chi connectivity index (χ2n) is 2.21. The Morgan fingerprint density at radius 1 is 1.27 bits per heavy atom. The van der Waals surface area contributed by atoms with Crippen LogP contribution in [0.4, 0.5) is 0 Å². The van der Waals surface area contributed by atoms with E-state index < -0.39 is 0 Å². The third-order valence-electron chi connectivity index (χ3n) is 1.60. The Morgan fingerprint density at radius 2 is 2.00 bits per heavy atom. The Labute approximate surface area is 72.8 Å². The first kappa shape index (κ1) is 8.47. The van der Waals surface area contributed by atoms with Gasteiger partial charge < -0.3 is 4.74 Å². The molecule has 0 fully saturated rings. The molecular weight excluding hydrogens is 156 g/mol. The monoisotopic (exact) mass is 168 g/mol. The molecule has 0 aliphatic carbocycles. The largest absolute Gasteiger partial charge is 0.493 e. The molecule has 0 amide bonds. The molecule has 0 bridgehead atoms. The second-order valence-corrected chi connectivity index (χ2v) is 2.21. The molecule has 2 heteroatoms. The fraction of sp³-hybridized carbons (Fsp3) is 0.333. The fourth-order valence-electron chi connectivity index (χ4n) is 1.12. The lowest BCUT2D eigenvalue weighted by molar-refractivity contribution is 0.357. The van der Waals surface area contributed by atoms with Crippen LogP contribution in [0.2, 0.25) is 0 Å². The van der Waals surface area contributed by atoms with Crippen LogP contribution in [0.1, 0.15) is 5.56 Å². The van der Waals surface area contributed by atoms with Crippen molar-refractivity contribution in [3.8, 4) is 5.75 Å². The first-order valence-corrected chi connectivity index (χ1v) is 4.52. The molecule has 0 aromatic heterocycles. The lowest BCUT2D eigenvalue weighted by atomic mass is 10.2. The smallest absolute Gasteiger partial charge is 0.122 e. The van der Waals surface area contributed by atoms with Crippen molar-refractivity contribution in [2.24, 2.45) is 0 Å². The topological polar surface area (TPSA) is 9.23 Å². The molecule has 0 radical (unpaired) electrons. The number of ether oxygens (including phenoxy) is 1. The van der Waals surface area contributed by atoms with E-state index in [0.29, 0.717) is 0 Å². The van der Waals surface area contributed by atoms with E-state index in [2.05, 4.69) is 18.7 Å². The molecule has 1 nitrogen and oxygen atoms in total. The van der Waals surface area contributed by atoms with E-state index >= 15 is 0 Å². The van der Waals surface area contributed by atoms with Crippen LogP contribution < -0.4 is 4.74 Å². The predicted octanol–water partition coefficient (Wildman–Crippen LogP) is 2.17. The average Bonchev–Trinajstić information content (AvgIpc) is 2.55. The summed E-state index contributed by atoms with van der Waals surface area (Å²) >= 11 is 3.53. The molecule has 1 aromatic carbocycles. The molecule has 60 valence electrons. The normalized spacial score (nSPS) is 12.5. The Morgan fingerprint density at radius 3 is 2.73 bits per heavy atom. The third-order valence-corrected chi connectivity index (χ3v) is 1.60. The summed E-state index contributed by atoms with van der Waals surface area (Å²) in [6.07, 6.45) is 2.77. The number of para-hydroxylation sites is 1.